The Balaban J connectivity index is 1.68. The fourth-order valence-electron chi connectivity index (χ4n) is 5.23. The highest BCUT2D eigenvalue weighted by Gasteiger charge is 2.30. The first-order valence-corrected chi connectivity index (χ1v) is 13.7. The van der Waals surface area contributed by atoms with Crippen molar-refractivity contribution in [2.24, 2.45) is 0 Å². The van der Waals surface area contributed by atoms with Gasteiger partial charge in [-0.05, 0) is 61.2 Å². The standard InChI is InChI=1S/C28H19F4N3O5S/c29-28(30,31)14-39-24-12-21-23(11-20(24)16-3-1-6-18(10-16)40-41(32,37)38)35(17-4-2-5-17)27-25(26(21)36)19-8-7-15(13-33)9-22(19)34-27/h1,3,6-12,17,34H,2,4-5,14H2. The van der Waals surface area contributed by atoms with Crippen molar-refractivity contribution >= 4 is 43.3 Å². The second-order valence-electron chi connectivity index (χ2n) is 9.78. The molecular weight excluding hydrogens is 566 g/mol. The summed E-state index contributed by atoms with van der Waals surface area (Å²) in [5.74, 6) is -0.680. The molecule has 0 radical (unpaired) electrons. The van der Waals surface area contributed by atoms with Crippen molar-refractivity contribution in [3.63, 3.8) is 0 Å². The van der Waals surface area contributed by atoms with Gasteiger partial charge in [-0.15, -0.1) is 0 Å². The van der Waals surface area contributed by atoms with Gasteiger partial charge >= 0.3 is 16.7 Å². The van der Waals surface area contributed by atoms with E-state index in [4.69, 9.17) is 4.74 Å². The second kappa shape index (κ2) is 9.52. The molecule has 0 aliphatic heterocycles. The summed E-state index contributed by atoms with van der Waals surface area (Å²) in [6, 6.07) is 14.8. The molecule has 1 aliphatic carbocycles. The predicted molar refractivity (Wildman–Crippen MR) is 143 cm³/mol. The van der Waals surface area contributed by atoms with Crippen LogP contribution >= 0.6 is 0 Å². The van der Waals surface area contributed by atoms with Crippen LogP contribution in [0.2, 0.25) is 0 Å². The first-order valence-electron chi connectivity index (χ1n) is 12.4. The first kappa shape index (κ1) is 26.6. The van der Waals surface area contributed by atoms with Gasteiger partial charge in [0.25, 0.3) is 0 Å². The van der Waals surface area contributed by atoms with Gasteiger partial charge in [0.15, 0.2) is 12.0 Å². The van der Waals surface area contributed by atoms with Gasteiger partial charge in [0.1, 0.15) is 17.1 Å². The molecule has 210 valence electrons. The summed E-state index contributed by atoms with van der Waals surface area (Å²) in [7, 11) is -5.36. The molecule has 1 aliphatic rings. The summed E-state index contributed by atoms with van der Waals surface area (Å²) in [5, 5.41) is 10.4. The number of nitrogens with zero attached hydrogens (tertiary/aromatic N) is 2. The number of rotatable bonds is 6. The molecule has 6 rings (SSSR count). The lowest BCUT2D eigenvalue weighted by Gasteiger charge is -2.31. The Labute approximate surface area is 229 Å². The molecular formula is C28H19F4N3O5S. The molecule has 2 heterocycles. The van der Waals surface area contributed by atoms with Crippen molar-refractivity contribution in [2.45, 2.75) is 31.5 Å². The molecule has 1 fully saturated rings. The van der Waals surface area contributed by atoms with Crippen LogP contribution in [-0.2, 0) is 10.5 Å². The normalized spacial score (nSPS) is 14.3. The molecule has 5 aromatic rings. The number of hydrogen-bond donors (Lipinski definition) is 1. The predicted octanol–water partition coefficient (Wildman–Crippen LogP) is 6.43. The van der Waals surface area contributed by atoms with Crippen LogP contribution in [-0.4, -0.2) is 30.8 Å². The van der Waals surface area contributed by atoms with Crippen molar-refractivity contribution in [1.82, 2.24) is 9.55 Å². The average molecular weight is 586 g/mol. The van der Waals surface area contributed by atoms with E-state index in [1.165, 1.54) is 30.3 Å². The lowest BCUT2D eigenvalue weighted by Crippen LogP contribution is -2.22. The summed E-state index contributed by atoms with van der Waals surface area (Å²) in [6.45, 7) is -1.65. The number of aromatic amines is 1. The first-order chi connectivity index (χ1) is 19.4. The second-order valence-corrected chi connectivity index (χ2v) is 10.7. The number of ether oxygens (including phenoxy) is 1. The maximum absolute atomic E-state index is 13.9. The van der Waals surface area contributed by atoms with E-state index < -0.39 is 34.5 Å². The number of halogens is 4. The van der Waals surface area contributed by atoms with Gasteiger partial charge in [-0.25, -0.2) is 0 Å². The van der Waals surface area contributed by atoms with E-state index >= 15 is 0 Å². The summed E-state index contributed by atoms with van der Waals surface area (Å²) in [4.78, 5) is 17.2. The molecule has 0 saturated heterocycles. The third-order valence-electron chi connectivity index (χ3n) is 7.15. The van der Waals surface area contributed by atoms with Crippen LogP contribution in [0.3, 0.4) is 0 Å². The minimum absolute atomic E-state index is 0.0229. The Hall–Kier alpha value is -4.57. The summed E-state index contributed by atoms with van der Waals surface area (Å²) >= 11 is 0. The Kier molecular flexibility index (Phi) is 6.18. The summed E-state index contributed by atoms with van der Waals surface area (Å²) in [5.41, 5.74) is 1.71. The maximum atomic E-state index is 13.9. The number of alkyl halides is 3. The highest BCUT2D eigenvalue weighted by Crippen LogP contribution is 2.42. The number of nitrogens with one attached hydrogen (secondary N) is 1. The molecule has 1 saturated carbocycles. The van der Waals surface area contributed by atoms with Gasteiger partial charge < -0.3 is 18.5 Å². The molecule has 0 bridgehead atoms. The summed E-state index contributed by atoms with van der Waals surface area (Å²) < 4.78 is 86.3. The van der Waals surface area contributed by atoms with Gasteiger partial charge in [-0.2, -0.15) is 26.9 Å². The summed E-state index contributed by atoms with van der Waals surface area (Å²) in [6.07, 6.45) is -2.16. The maximum Gasteiger partial charge on any atom is 0.488 e. The molecule has 0 unspecified atom stereocenters. The van der Waals surface area contributed by atoms with E-state index in [1.807, 2.05) is 4.57 Å². The van der Waals surface area contributed by atoms with E-state index in [0.29, 0.717) is 33.0 Å². The molecule has 1 N–H and O–H groups in total. The zero-order chi connectivity index (χ0) is 29.1. The molecule has 13 heteroatoms. The third-order valence-corrected chi connectivity index (χ3v) is 7.54. The monoisotopic (exact) mass is 585 g/mol. The van der Waals surface area contributed by atoms with Crippen LogP contribution in [0.1, 0.15) is 30.9 Å². The van der Waals surface area contributed by atoms with Crippen LogP contribution in [0.25, 0.3) is 44.0 Å². The van der Waals surface area contributed by atoms with E-state index in [-0.39, 0.29) is 28.3 Å². The number of hydrogen-bond acceptors (Lipinski definition) is 6. The quantitative estimate of drug-likeness (QED) is 0.181. The molecule has 3 aromatic carbocycles. The average Bonchev–Trinajstić information content (AvgIpc) is 3.25. The third kappa shape index (κ3) is 4.95. The molecule has 0 amide bonds. The van der Waals surface area contributed by atoms with Gasteiger partial charge in [0, 0.05) is 22.5 Å². The lowest BCUT2D eigenvalue weighted by atomic mass is 9.91. The van der Waals surface area contributed by atoms with E-state index in [9.17, 15) is 35.5 Å². The van der Waals surface area contributed by atoms with Gasteiger partial charge in [0.2, 0.25) is 0 Å². The fraction of sp³-hybridized carbons (Fsp3) is 0.214. The van der Waals surface area contributed by atoms with Crippen molar-refractivity contribution in [3.8, 4) is 28.7 Å². The smallest absolute Gasteiger partial charge is 0.483 e. The Morgan fingerprint density at radius 2 is 1.85 bits per heavy atom. The van der Waals surface area contributed by atoms with E-state index in [1.54, 1.807) is 18.2 Å². The topological polar surface area (TPSA) is 114 Å². The van der Waals surface area contributed by atoms with Crippen LogP contribution in [0, 0.1) is 11.3 Å². The highest BCUT2D eigenvalue weighted by atomic mass is 32.3. The van der Waals surface area contributed by atoms with E-state index in [0.717, 1.165) is 25.3 Å². The van der Waals surface area contributed by atoms with Crippen LogP contribution in [0.5, 0.6) is 11.5 Å². The Morgan fingerprint density at radius 3 is 2.51 bits per heavy atom. The van der Waals surface area contributed by atoms with Crippen molar-refractivity contribution < 1.29 is 34.4 Å². The largest absolute Gasteiger partial charge is 0.488 e. The van der Waals surface area contributed by atoms with Gasteiger partial charge in [0.05, 0.1) is 27.9 Å². The lowest BCUT2D eigenvalue weighted by molar-refractivity contribution is -0.153. The van der Waals surface area contributed by atoms with Gasteiger partial charge in [-0.1, -0.05) is 22.1 Å². The molecule has 0 spiro atoms. The van der Waals surface area contributed by atoms with Crippen LogP contribution < -0.4 is 14.3 Å². The Morgan fingerprint density at radius 1 is 1.07 bits per heavy atom. The SMILES string of the molecule is N#Cc1ccc2c(c1)[nH]c1c2c(=O)c2cc(OCC(F)(F)F)c(-c3cccc(OS(=O)(=O)F)c3)cc2n1C1CCC1. The minimum Gasteiger partial charge on any atom is -0.483 e. The van der Waals surface area contributed by atoms with Crippen molar-refractivity contribution in [1.29, 1.82) is 5.26 Å². The van der Waals surface area contributed by atoms with Crippen molar-refractivity contribution in [3.05, 3.63) is 70.4 Å². The molecule has 0 atom stereocenters. The minimum atomic E-state index is -5.36. The highest BCUT2D eigenvalue weighted by molar-refractivity contribution is 7.81. The van der Waals surface area contributed by atoms with Crippen molar-refractivity contribution in [2.75, 3.05) is 6.61 Å². The number of fused-ring (bicyclic) bond motifs is 4. The zero-order valence-electron chi connectivity index (χ0n) is 21.0. The number of benzene rings is 3. The van der Waals surface area contributed by atoms with E-state index in [2.05, 4.69) is 15.2 Å². The number of nitriles is 1. The van der Waals surface area contributed by atoms with Gasteiger partial charge in [-0.3, -0.25) is 4.79 Å². The number of pyridine rings is 1. The van der Waals surface area contributed by atoms with Crippen LogP contribution in [0.15, 0.2) is 59.4 Å². The number of H-pyrrole nitrogens is 1. The molecule has 8 nitrogen and oxygen atoms in total. The Bertz CT molecular complexity index is 2070. The number of aromatic nitrogens is 2. The molecule has 2 aromatic heterocycles. The van der Waals surface area contributed by atoms with Crippen LogP contribution in [0.4, 0.5) is 17.1 Å². The zero-order valence-corrected chi connectivity index (χ0v) is 21.8. The fourth-order valence-corrected chi connectivity index (χ4v) is 5.56. The molecule has 41 heavy (non-hydrogen) atoms.